The lowest BCUT2D eigenvalue weighted by atomic mass is 10.2. The Morgan fingerprint density at radius 1 is 1.17 bits per heavy atom. The lowest BCUT2D eigenvalue weighted by molar-refractivity contribution is -0.117. The maximum Gasteiger partial charge on any atom is 0.238 e. The van der Waals surface area contributed by atoms with Crippen LogP contribution in [0.3, 0.4) is 0 Å². The minimum absolute atomic E-state index is 0.0700. The van der Waals surface area contributed by atoms with Crippen molar-refractivity contribution in [1.29, 1.82) is 0 Å². The summed E-state index contributed by atoms with van der Waals surface area (Å²) in [6, 6.07) is 11.2. The Hall–Kier alpha value is -2.61. The highest BCUT2D eigenvalue weighted by Crippen LogP contribution is 2.27. The first kappa shape index (κ1) is 19.7. The lowest BCUT2D eigenvalue weighted by Gasteiger charge is -2.33. The number of ether oxygens (including phenoxy) is 1. The van der Waals surface area contributed by atoms with Crippen LogP contribution in [0.4, 0.5) is 5.69 Å². The summed E-state index contributed by atoms with van der Waals surface area (Å²) in [7, 11) is 1.57. The van der Waals surface area contributed by atoms with Gasteiger partial charge in [0, 0.05) is 50.1 Å². The van der Waals surface area contributed by atoms with Crippen molar-refractivity contribution in [3.05, 3.63) is 59.5 Å². The number of carbonyl (C=O) groups excluding carboxylic acids is 1. The third-order valence-electron chi connectivity index (χ3n) is 5.07. The molecule has 0 spiro atoms. The van der Waals surface area contributed by atoms with E-state index in [0.29, 0.717) is 23.0 Å². The average molecular weight is 414 g/mol. The number of carbonyl (C=O) groups is 1. The van der Waals surface area contributed by atoms with Gasteiger partial charge >= 0.3 is 0 Å². The number of nitrogens with zero attached hydrogens (tertiary/aromatic N) is 4. The fraction of sp³-hybridized carbons (Fsp3) is 0.333. The van der Waals surface area contributed by atoms with Gasteiger partial charge in [-0.25, -0.2) is 4.98 Å². The van der Waals surface area contributed by atoms with Crippen LogP contribution in [0, 0.1) is 0 Å². The van der Waals surface area contributed by atoms with Crippen LogP contribution >= 0.6 is 11.6 Å². The standard InChI is InChI=1S/C21H24ClN5O2/c1-29-19-6-5-16(22)12-18(19)24-21(28)15-26-10-8-25(9-11-26)13-17-14-27-7-3-2-4-20(27)23-17/h2-7,12,14H,8-11,13,15H2,1H3,(H,24,28). The molecule has 1 aliphatic rings. The van der Waals surface area contributed by atoms with Crippen LogP contribution in [0.5, 0.6) is 5.75 Å². The van der Waals surface area contributed by atoms with Crippen molar-refractivity contribution < 1.29 is 9.53 Å². The molecule has 2 aromatic heterocycles. The first-order valence-electron chi connectivity index (χ1n) is 9.61. The summed E-state index contributed by atoms with van der Waals surface area (Å²) in [5.74, 6) is 0.527. The molecule has 7 nitrogen and oxygen atoms in total. The Balaban J connectivity index is 1.27. The van der Waals surface area contributed by atoms with Gasteiger partial charge in [-0.1, -0.05) is 17.7 Å². The Morgan fingerprint density at radius 3 is 2.72 bits per heavy atom. The lowest BCUT2D eigenvalue weighted by Crippen LogP contribution is -2.48. The van der Waals surface area contributed by atoms with Crippen LogP contribution in [0.1, 0.15) is 5.69 Å². The van der Waals surface area contributed by atoms with Gasteiger partial charge in [0.2, 0.25) is 5.91 Å². The maximum absolute atomic E-state index is 12.5. The largest absolute Gasteiger partial charge is 0.495 e. The number of piperazine rings is 1. The van der Waals surface area contributed by atoms with E-state index in [-0.39, 0.29) is 5.91 Å². The van der Waals surface area contributed by atoms with Gasteiger partial charge in [0.05, 0.1) is 25.0 Å². The van der Waals surface area contributed by atoms with Gasteiger partial charge in [0.1, 0.15) is 11.4 Å². The third kappa shape index (κ3) is 4.87. The molecule has 0 atom stereocenters. The second kappa shape index (κ2) is 8.82. The van der Waals surface area contributed by atoms with Gasteiger partial charge < -0.3 is 14.5 Å². The molecule has 1 N–H and O–H groups in total. The van der Waals surface area contributed by atoms with Gasteiger partial charge in [-0.3, -0.25) is 14.6 Å². The number of anilines is 1. The van der Waals surface area contributed by atoms with E-state index < -0.39 is 0 Å². The smallest absolute Gasteiger partial charge is 0.238 e. The predicted molar refractivity (Wildman–Crippen MR) is 114 cm³/mol. The van der Waals surface area contributed by atoms with E-state index in [2.05, 4.69) is 26.3 Å². The summed E-state index contributed by atoms with van der Waals surface area (Å²) < 4.78 is 7.32. The zero-order valence-electron chi connectivity index (χ0n) is 16.3. The Kier molecular flexibility index (Phi) is 5.99. The number of hydrogen-bond donors (Lipinski definition) is 1. The van der Waals surface area contributed by atoms with E-state index in [1.54, 1.807) is 25.3 Å². The molecule has 0 bridgehead atoms. The average Bonchev–Trinajstić information content (AvgIpc) is 3.12. The van der Waals surface area contributed by atoms with E-state index in [1.807, 2.05) is 28.8 Å². The fourth-order valence-electron chi connectivity index (χ4n) is 3.57. The molecule has 1 fully saturated rings. The fourth-order valence-corrected chi connectivity index (χ4v) is 3.74. The normalized spacial score (nSPS) is 15.5. The molecule has 0 saturated carbocycles. The number of methoxy groups -OCH3 is 1. The summed E-state index contributed by atoms with van der Waals surface area (Å²) in [5.41, 5.74) is 2.63. The molecule has 0 radical (unpaired) electrons. The monoisotopic (exact) mass is 413 g/mol. The Morgan fingerprint density at radius 2 is 1.97 bits per heavy atom. The number of pyridine rings is 1. The van der Waals surface area contributed by atoms with E-state index in [0.717, 1.165) is 44.1 Å². The van der Waals surface area contributed by atoms with Crippen LogP contribution in [-0.4, -0.2) is 64.9 Å². The molecule has 3 heterocycles. The summed E-state index contributed by atoms with van der Waals surface area (Å²) in [6.45, 7) is 4.66. The maximum atomic E-state index is 12.5. The van der Waals surface area contributed by atoms with E-state index in [1.165, 1.54) is 0 Å². The van der Waals surface area contributed by atoms with Crippen LogP contribution in [0.15, 0.2) is 48.8 Å². The minimum atomic E-state index is -0.0700. The number of aromatic nitrogens is 2. The topological polar surface area (TPSA) is 62.1 Å². The highest BCUT2D eigenvalue weighted by Gasteiger charge is 2.20. The molecule has 152 valence electrons. The highest BCUT2D eigenvalue weighted by atomic mass is 35.5. The minimum Gasteiger partial charge on any atom is -0.495 e. The van der Waals surface area contributed by atoms with Crippen LogP contribution in [-0.2, 0) is 11.3 Å². The molecule has 3 aromatic rings. The summed E-state index contributed by atoms with van der Waals surface area (Å²) in [4.78, 5) is 21.7. The van der Waals surface area contributed by atoms with Gasteiger partial charge in [-0.2, -0.15) is 0 Å². The number of benzene rings is 1. The number of rotatable bonds is 6. The van der Waals surface area contributed by atoms with Crippen molar-refractivity contribution >= 4 is 28.8 Å². The van der Waals surface area contributed by atoms with Crippen molar-refractivity contribution in [1.82, 2.24) is 19.2 Å². The van der Waals surface area contributed by atoms with Crippen molar-refractivity contribution in [2.24, 2.45) is 0 Å². The van der Waals surface area contributed by atoms with Crippen molar-refractivity contribution in [2.75, 3.05) is 45.2 Å². The van der Waals surface area contributed by atoms with Crippen molar-refractivity contribution in [3.63, 3.8) is 0 Å². The van der Waals surface area contributed by atoms with Gasteiger partial charge in [0.25, 0.3) is 0 Å². The molecule has 1 aliphatic heterocycles. The molecule has 0 unspecified atom stereocenters. The quantitative estimate of drug-likeness (QED) is 0.673. The molecule has 29 heavy (non-hydrogen) atoms. The number of halogens is 1. The number of fused-ring (bicyclic) bond motifs is 1. The van der Waals surface area contributed by atoms with Crippen LogP contribution in [0.25, 0.3) is 5.65 Å². The molecule has 1 aromatic carbocycles. The number of hydrogen-bond acceptors (Lipinski definition) is 5. The van der Waals surface area contributed by atoms with Crippen LogP contribution < -0.4 is 10.1 Å². The number of imidazole rings is 1. The van der Waals surface area contributed by atoms with E-state index >= 15 is 0 Å². The zero-order valence-corrected chi connectivity index (χ0v) is 17.1. The molecule has 8 heteroatoms. The summed E-state index contributed by atoms with van der Waals surface area (Å²) in [6.07, 6.45) is 4.09. The van der Waals surface area contributed by atoms with E-state index in [9.17, 15) is 4.79 Å². The highest BCUT2D eigenvalue weighted by molar-refractivity contribution is 6.31. The summed E-state index contributed by atoms with van der Waals surface area (Å²) in [5, 5.41) is 3.46. The van der Waals surface area contributed by atoms with Crippen molar-refractivity contribution in [3.8, 4) is 5.75 Å². The van der Waals surface area contributed by atoms with E-state index in [4.69, 9.17) is 16.3 Å². The van der Waals surface area contributed by atoms with Crippen molar-refractivity contribution in [2.45, 2.75) is 6.54 Å². The molecular weight excluding hydrogens is 390 g/mol. The second-order valence-electron chi connectivity index (χ2n) is 7.14. The number of amides is 1. The Bertz CT molecular complexity index is 965. The second-order valence-corrected chi connectivity index (χ2v) is 7.58. The molecular formula is C21H24ClN5O2. The molecule has 1 amide bonds. The van der Waals surface area contributed by atoms with Gasteiger partial charge in [-0.05, 0) is 30.3 Å². The number of nitrogens with one attached hydrogen (secondary N) is 1. The molecule has 1 saturated heterocycles. The van der Waals surface area contributed by atoms with Gasteiger partial charge in [-0.15, -0.1) is 0 Å². The van der Waals surface area contributed by atoms with Gasteiger partial charge in [0.15, 0.2) is 0 Å². The summed E-state index contributed by atoms with van der Waals surface area (Å²) >= 11 is 6.03. The first-order valence-corrected chi connectivity index (χ1v) is 9.99. The predicted octanol–water partition coefficient (Wildman–Crippen LogP) is 2.75. The third-order valence-corrected chi connectivity index (χ3v) is 5.30. The molecule has 0 aliphatic carbocycles. The molecule has 4 rings (SSSR count). The Labute approximate surface area is 174 Å². The zero-order chi connectivity index (χ0) is 20.2. The SMILES string of the molecule is COc1ccc(Cl)cc1NC(=O)CN1CCN(Cc2cn3ccccc3n2)CC1. The van der Waals surface area contributed by atoms with Crippen LogP contribution in [0.2, 0.25) is 5.02 Å². The first-order chi connectivity index (χ1) is 14.1.